The first kappa shape index (κ1) is 19.0. The van der Waals surface area contributed by atoms with E-state index in [1.165, 1.54) is 5.56 Å². The molecule has 1 heterocycles. The molecule has 2 aromatic rings. The largest absolute Gasteiger partial charge is 0.325 e. The summed E-state index contributed by atoms with van der Waals surface area (Å²) in [5.41, 5.74) is 1.39. The fourth-order valence-corrected chi connectivity index (χ4v) is 3.85. The highest BCUT2D eigenvalue weighted by Crippen LogP contribution is 2.32. The summed E-state index contributed by atoms with van der Waals surface area (Å²) in [4.78, 5) is 38.4. The van der Waals surface area contributed by atoms with Gasteiger partial charge in [-0.3, -0.25) is 14.5 Å². The van der Waals surface area contributed by atoms with Crippen molar-refractivity contribution >= 4 is 23.5 Å². The molecule has 1 atom stereocenters. The first-order valence-electron chi connectivity index (χ1n) is 9.29. The number of carbonyl (C=O) groups excluding carboxylic acids is 3. The predicted octanol–water partition coefficient (Wildman–Crippen LogP) is 2.86. The number of nitrogens with zero attached hydrogens (tertiary/aromatic N) is 1. The molecule has 0 spiro atoms. The number of urea groups is 1. The molecule has 150 valence electrons. The van der Waals surface area contributed by atoms with Crippen LogP contribution in [0.2, 0.25) is 0 Å². The van der Waals surface area contributed by atoms with E-state index < -0.39 is 41.6 Å². The Labute approximate surface area is 165 Å². The van der Waals surface area contributed by atoms with Gasteiger partial charge in [0.1, 0.15) is 23.7 Å². The lowest BCUT2D eigenvalue weighted by Crippen LogP contribution is -2.42. The summed E-state index contributed by atoms with van der Waals surface area (Å²) in [5.74, 6) is -2.92. The number of carbonyl (C=O) groups is 3. The maximum Gasteiger partial charge on any atom is 0.325 e. The standard InChI is InChI=1S/C21H19F2N3O3/c1-21(14-6-5-12-3-2-4-13(12)9-14)19(28)26(20(29)25-21)11-18(27)24-17-10-15(22)7-8-16(17)23/h5-10H,2-4,11H2,1H3,(H,24,27)(H,25,29)/t21-/m1/s1. The molecule has 4 rings (SSSR count). The van der Waals surface area contributed by atoms with Crippen LogP contribution in [0.15, 0.2) is 36.4 Å². The van der Waals surface area contributed by atoms with Crippen LogP contribution in [-0.2, 0) is 28.0 Å². The lowest BCUT2D eigenvalue weighted by Gasteiger charge is -2.23. The van der Waals surface area contributed by atoms with E-state index >= 15 is 0 Å². The average molecular weight is 399 g/mol. The monoisotopic (exact) mass is 399 g/mol. The van der Waals surface area contributed by atoms with E-state index in [1.54, 1.807) is 6.92 Å². The van der Waals surface area contributed by atoms with Crippen LogP contribution < -0.4 is 10.6 Å². The van der Waals surface area contributed by atoms with E-state index in [2.05, 4.69) is 10.6 Å². The fourth-order valence-electron chi connectivity index (χ4n) is 3.85. The van der Waals surface area contributed by atoms with Gasteiger partial charge in [-0.05, 0) is 55.0 Å². The first-order valence-corrected chi connectivity index (χ1v) is 9.29. The van der Waals surface area contributed by atoms with E-state index in [-0.39, 0.29) is 5.69 Å². The van der Waals surface area contributed by atoms with Crippen LogP contribution in [0.3, 0.4) is 0 Å². The van der Waals surface area contributed by atoms with Crippen LogP contribution in [0, 0.1) is 11.6 Å². The van der Waals surface area contributed by atoms with Crippen LogP contribution in [0.25, 0.3) is 0 Å². The molecule has 1 aliphatic heterocycles. The number of aryl methyl sites for hydroxylation is 2. The SMILES string of the molecule is C[C@]1(c2ccc3c(c2)CCC3)NC(=O)N(CC(=O)Nc2cc(F)ccc2F)C1=O. The van der Waals surface area contributed by atoms with Gasteiger partial charge in [0.15, 0.2) is 0 Å². The van der Waals surface area contributed by atoms with Crippen LogP contribution >= 0.6 is 0 Å². The number of nitrogens with one attached hydrogen (secondary N) is 2. The number of imide groups is 1. The third kappa shape index (κ3) is 3.35. The molecule has 1 aliphatic carbocycles. The van der Waals surface area contributed by atoms with Crippen molar-refractivity contribution in [2.45, 2.75) is 31.7 Å². The number of benzene rings is 2. The number of hydrogen-bond donors (Lipinski definition) is 2. The Hall–Kier alpha value is -3.29. The molecule has 0 aromatic heterocycles. The van der Waals surface area contributed by atoms with E-state index in [1.807, 2.05) is 18.2 Å². The van der Waals surface area contributed by atoms with Crippen molar-refractivity contribution in [3.05, 3.63) is 64.7 Å². The Bertz CT molecular complexity index is 1040. The summed E-state index contributed by atoms with van der Waals surface area (Å²) in [7, 11) is 0. The molecule has 29 heavy (non-hydrogen) atoms. The zero-order valence-corrected chi connectivity index (χ0v) is 15.7. The van der Waals surface area contributed by atoms with E-state index in [4.69, 9.17) is 0 Å². The van der Waals surface area contributed by atoms with Crippen molar-refractivity contribution < 1.29 is 23.2 Å². The Balaban J connectivity index is 1.52. The van der Waals surface area contributed by atoms with Crippen LogP contribution in [0.4, 0.5) is 19.3 Å². The van der Waals surface area contributed by atoms with Crippen molar-refractivity contribution in [2.24, 2.45) is 0 Å². The normalized spacial score (nSPS) is 20.6. The third-order valence-corrected chi connectivity index (χ3v) is 5.46. The molecule has 2 aliphatic rings. The summed E-state index contributed by atoms with van der Waals surface area (Å²) in [6.07, 6.45) is 2.97. The van der Waals surface area contributed by atoms with Crippen molar-refractivity contribution in [2.75, 3.05) is 11.9 Å². The van der Waals surface area contributed by atoms with Gasteiger partial charge in [-0.1, -0.05) is 18.2 Å². The van der Waals surface area contributed by atoms with Gasteiger partial charge in [0, 0.05) is 6.07 Å². The second-order valence-electron chi connectivity index (χ2n) is 7.46. The summed E-state index contributed by atoms with van der Waals surface area (Å²) in [6, 6.07) is 7.61. The summed E-state index contributed by atoms with van der Waals surface area (Å²) in [6.45, 7) is 0.981. The maximum absolute atomic E-state index is 13.7. The van der Waals surface area contributed by atoms with Gasteiger partial charge in [-0.25, -0.2) is 13.6 Å². The highest BCUT2D eigenvalue weighted by Gasteiger charge is 2.49. The number of anilines is 1. The molecule has 6 nitrogen and oxygen atoms in total. The van der Waals surface area contributed by atoms with E-state index in [9.17, 15) is 23.2 Å². The molecule has 0 radical (unpaired) electrons. The van der Waals surface area contributed by atoms with E-state index in [0.717, 1.165) is 47.9 Å². The third-order valence-electron chi connectivity index (χ3n) is 5.46. The highest BCUT2D eigenvalue weighted by molar-refractivity contribution is 6.10. The molecule has 0 bridgehead atoms. The average Bonchev–Trinajstić information content (AvgIpc) is 3.23. The minimum atomic E-state index is -1.29. The molecule has 8 heteroatoms. The topological polar surface area (TPSA) is 78.5 Å². The maximum atomic E-state index is 13.7. The van der Waals surface area contributed by atoms with Crippen LogP contribution in [0.1, 0.15) is 30.0 Å². The molecule has 0 unspecified atom stereocenters. The number of hydrogen-bond acceptors (Lipinski definition) is 3. The quantitative estimate of drug-likeness (QED) is 0.776. The second kappa shape index (κ2) is 6.95. The molecule has 2 N–H and O–H groups in total. The molecule has 2 aromatic carbocycles. The lowest BCUT2D eigenvalue weighted by atomic mass is 9.89. The zero-order valence-electron chi connectivity index (χ0n) is 15.7. The predicted molar refractivity (Wildman–Crippen MR) is 101 cm³/mol. The number of fused-ring (bicyclic) bond motifs is 1. The zero-order chi connectivity index (χ0) is 20.8. The molecular weight excluding hydrogens is 380 g/mol. The Morgan fingerprint density at radius 1 is 1.14 bits per heavy atom. The highest BCUT2D eigenvalue weighted by atomic mass is 19.1. The summed E-state index contributed by atoms with van der Waals surface area (Å²) >= 11 is 0. The van der Waals surface area contributed by atoms with Crippen LogP contribution in [0.5, 0.6) is 0 Å². The van der Waals surface area contributed by atoms with Gasteiger partial charge in [-0.15, -0.1) is 0 Å². The van der Waals surface area contributed by atoms with Crippen molar-refractivity contribution in [1.82, 2.24) is 10.2 Å². The van der Waals surface area contributed by atoms with Gasteiger partial charge >= 0.3 is 6.03 Å². The van der Waals surface area contributed by atoms with Crippen LogP contribution in [-0.4, -0.2) is 29.3 Å². The Morgan fingerprint density at radius 2 is 1.90 bits per heavy atom. The van der Waals surface area contributed by atoms with Crippen molar-refractivity contribution in [3.8, 4) is 0 Å². The van der Waals surface area contributed by atoms with Gasteiger partial charge in [-0.2, -0.15) is 0 Å². The van der Waals surface area contributed by atoms with Crippen molar-refractivity contribution in [3.63, 3.8) is 0 Å². The van der Waals surface area contributed by atoms with Gasteiger partial charge in [0.2, 0.25) is 5.91 Å². The molecule has 4 amide bonds. The molecule has 1 saturated heterocycles. The minimum Gasteiger partial charge on any atom is -0.322 e. The summed E-state index contributed by atoms with van der Waals surface area (Å²) < 4.78 is 27.0. The van der Waals surface area contributed by atoms with Crippen molar-refractivity contribution in [1.29, 1.82) is 0 Å². The van der Waals surface area contributed by atoms with Gasteiger partial charge in [0.05, 0.1) is 5.69 Å². The van der Waals surface area contributed by atoms with Gasteiger partial charge in [0.25, 0.3) is 5.91 Å². The first-order chi connectivity index (χ1) is 13.8. The fraction of sp³-hybridized carbons (Fsp3) is 0.286. The minimum absolute atomic E-state index is 0.358. The lowest BCUT2D eigenvalue weighted by molar-refractivity contribution is -0.133. The number of halogens is 2. The number of rotatable bonds is 4. The molecular formula is C21H19F2N3O3. The Morgan fingerprint density at radius 3 is 2.69 bits per heavy atom. The second-order valence-corrected chi connectivity index (χ2v) is 7.46. The van der Waals surface area contributed by atoms with Gasteiger partial charge < -0.3 is 10.6 Å². The smallest absolute Gasteiger partial charge is 0.322 e. The molecule has 0 saturated carbocycles. The van der Waals surface area contributed by atoms with E-state index in [0.29, 0.717) is 5.56 Å². The summed E-state index contributed by atoms with van der Waals surface area (Å²) in [5, 5.41) is 4.84. The molecule has 1 fully saturated rings. The Kier molecular flexibility index (Phi) is 4.56. The number of amides is 4.